The lowest BCUT2D eigenvalue weighted by Gasteiger charge is -2.38. The Labute approximate surface area is 180 Å². The fourth-order valence-electron chi connectivity index (χ4n) is 4.71. The van der Waals surface area contributed by atoms with Gasteiger partial charge in [0.05, 0.1) is 5.92 Å². The second-order valence-corrected chi connectivity index (χ2v) is 8.97. The van der Waals surface area contributed by atoms with Crippen molar-refractivity contribution in [2.45, 2.75) is 52.2 Å². The van der Waals surface area contributed by atoms with Crippen molar-refractivity contribution < 1.29 is 9.53 Å². The quantitative estimate of drug-likeness (QED) is 0.728. The van der Waals surface area contributed by atoms with Crippen LogP contribution in [-0.2, 0) is 11.3 Å². The molecule has 4 nitrogen and oxygen atoms in total. The third-order valence-corrected chi connectivity index (χ3v) is 6.49. The van der Waals surface area contributed by atoms with Crippen LogP contribution in [0.3, 0.4) is 0 Å². The van der Waals surface area contributed by atoms with E-state index in [4.69, 9.17) is 4.74 Å². The molecule has 2 aromatic rings. The van der Waals surface area contributed by atoms with Crippen molar-refractivity contribution in [1.29, 1.82) is 0 Å². The Morgan fingerprint density at radius 3 is 2.53 bits per heavy atom. The Morgan fingerprint density at radius 1 is 1.00 bits per heavy atom. The summed E-state index contributed by atoms with van der Waals surface area (Å²) in [6, 6.07) is 16.9. The molecule has 2 aliphatic rings. The Morgan fingerprint density at radius 2 is 1.77 bits per heavy atom. The average molecular weight is 407 g/mol. The van der Waals surface area contributed by atoms with E-state index in [2.05, 4.69) is 72.2 Å². The van der Waals surface area contributed by atoms with Gasteiger partial charge >= 0.3 is 0 Å². The summed E-state index contributed by atoms with van der Waals surface area (Å²) < 4.78 is 6.28. The highest BCUT2D eigenvalue weighted by Gasteiger charge is 2.32. The van der Waals surface area contributed by atoms with Gasteiger partial charge in [-0.3, -0.25) is 9.69 Å². The summed E-state index contributed by atoms with van der Waals surface area (Å²) in [6.45, 7) is 8.72. The van der Waals surface area contributed by atoms with Crippen molar-refractivity contribution in [3.63, 3.8) is 0 Å². The van der Waals surface area contributed by atoms with E-state index < -0.39 is 0 Å². The van der Waals surface area contributed by atoms with E-state index in [9.17, 15) is 4.79 Å². The van der Waals surface area contributed by atoms with Crippen molar-refractivity contribution in [3.05, 3.63) is 65.2 Å². The van der Waals surface area contributed by atoms with Crippen LogP contribution in [0.2, 0.25) is 0 Å². The number of hydrogen-bond acceptors (Lipinski definition) is 3. The van der Waals surface area contributed by atoms with Crippen LogP contribution in [0.25, 0.3) is 0 Å². The lowest BCUT2D eigenvalue weighted by atomic mass is 9.94. The monoisotopic (exact) mass is 406 g/mol. The van der Waals surface area contributed by atoms with Crippen LogP contribution in [0.5, 0.6) is 5.75 Å². The first-order chi connectivity index (χ1) is 14.6. The van der Waals surface area contributed by atoms with Crippen LogP contribution in [0.1, 0.15) is 42.4 Å². The molecule has 2 heterocycles. The Hall–Kier alpha value is -2.33. The number of carbonyl (C=O) groups is 1. The largest absolute Gasteiger partial charge is 0.490 e. The third-order valence-electron chi connectivity index (χ3n) is 6.49. The van der Waals surface area contributed by atoms with Gasteiger partial charge in [0.15, 0.2) is 0 Å². The number of amides is 1. The zero-order chi connectivity index (χ0) is 20.9. The summed E-state index contributed by atoms with van der Waals surface area (Å²) in [5.41, 5.74) is 3.73. The SMILES string of the molecule is Cc1ccc(C)c(OC2CCN(C(=O)C3CCCN(Cc4ccccc4)C3)CC2)c1. The fraction of sp³-hybridized carbons (Fsp3) is 0.500. The Balaban J connectivity index is 1.28. The second kappa shape index (κ2) is 9.65. The first-order valence-corrected chi connectivity index (χ1v) is 11.4. The summed E-state index contributed by atoms with van der Waals surface area (Å²) in [5.74, 6) is 1.47. The molecule has 160 valence electrons. The topological polar surface area (TPSA) is 32.8 Å². The molecule has 0 radical (unpaired) electrons. The zero-order valence-corrected chi connectivity index (χ0v) is 18.3. The molecule has 0 bridgehead atoms. The minimum Gasteiger partial charge on any atom is -0.490 e. The summed E-state index contributed by atoms with van der Waals surface area (Å²) in [4.78, 5) is 17.7. The van der Waals surface area contributed by atoms with E-state index in [1.807, 2.05) is 0 Å². The van der Waals surface area contributed by atoms with E-state index in [1.54, 1.807) is 0 Å². The molecule has 2 aromatic carbocycles. The van der Waals surface area contributed by atoms with E-state index in [-0.39, 0.29) is 12.0 Å². The number of likely N-dealkylation sites (tertiary alicyclic amines) is 2. The van der Waals surface area contributed by atoms with E-state index in [0.29, 0.717) is 5.91 Å². The van der Waals surface area contributed by atoms with Crippen LogP contribution in [0, 0.1) is 19.8 Å². The van der Waals surface area contributed by atoms with Crippen LogP contribution >= 0.6 is 0 Å². The first-order valence-electron chi connectivity index (χ1n) is 11.4. The van der Waals surface area contributed by atoms with Crippen molar-refractivity contribution in [2.75, 3.05) is 26.2 Å². The summed E-state index contributed by atoms with van der Waals surface area (Å²) >= 11 is 0. The molecule has 30 heavy (non-hydrogen) atoms. The van der Waals surface area contributed by atoms with Crippen molar-refractivity contribution in [1.82, 2.24) is 9.80 Å². The number of aryl methyl sites for hydroxylation is 2. The van der Waals surface area contributed by atoms with Crippen molar-refractivity contribution in [3.8, 4) is 5.75 Å². The average Bonchev–Trinajstić information content (AvgIpc) is 2.77. The first kappa shape index (κ1) is 20.9. The van der Waals surface area contributed by atoms with Crippen LogP contribution < -0.4 is 4.74 Å². The molecule has 0 N–H and O–H groups in total. The number of hydrogen-bond donors (Lipinski definition) is 0. The maximum Gasteiger partial charge on any atom is 0.226 e. The molecular formula is C26H34N2O2. The minimum absolute atomic E-state index is 0.138. The van der Waals surface area contributed by atoms with E-state index in [1.165, 1.54) is 16.7 Å². The van der Waals surface area contributed by atoms with Crippen LogP contribution in [0.15, 0.2) is 48.5 Å². The molecule has 2 fully saturated rings. The third kappa shape index (κ3) is 5.23. The van der Waals surface area contributed by atoms with Gasteiger partial charge in [-0.15, -0.1) is 0 Å². The molecule has 2 aliphatic heterocycles. The van der Waals surface area contributed by atoms with Crippen molar-refractivity contribution in [2.24, 2.45) is 5.92 Å². The minimum atomic E-state index is 0.138. The molecule has 0 spiro atoms. The van der Waals surface area contributed by atoms with Gasteiger partial charge in [-0.05, 0) is 56.0 Å². The fourth-order valence-corrected chi connectivity index (χ4v) is 4.71. The molecule has 0 aromatic heterocycles. The number of benzene rings is 2. The maximum atomic E-state index is 13.2. The smallest absolute Gasteiger partial charge is 0.226 e. The van der Waals surface area contributed by atoms with Crippen LogP contribution in [0.4, 0.5) is 0 Å². The van der Waals surface area contributed by atoms with E-state index >= 15 is 0 Å². The number of rotatable bonds is 5. The lowest BCUT2D eigenvalue weighted by Crippen LogP contribution is -2.48. The van der Waals surface area contributed by atoms with Gasteiger partial charge in [0.2, 0.25) is 5.91 Å². The number of piperidine rings is 2. The summed E-state index contributed by atoms with van der Waals surface area (Å²) in [6.07, 6.45) is 4.16. The van der Waals surface area contributed by atoms with Gasteiger partial charge in [-0.2, -0.15) is 0 Å². The molecule has 4 rings (SSSR count). The van der Waals surface area contributed by atoms with Crippen molar-refractivity contribution >= 4 is 5.91 Å². The van der Waals surface area contributed by atoms with Gasteiger partial charge in [0.25, 0.3) is 0 Å². The highest BCUT2D eigenvalue weighted by Crippen LogP contribution is 2.26. The molecule has 1 unspecified atom stereocenters. The second-order valence-electron chi connectivity index (χ2n) is 8.97. The highest BCUT2D eigenvalue weighted by atomic mass is 16.5. The van der Waals surface area contributed by atoms with Gasteiger partial charge in [0.1, 0.15) is 11.9 Å². The normalized spacial score (nSPS) is 20.9. The van der Waals surface area contributed by atoms with Crippen LogP contribution in [-0.4, -0.2) is 48.0 Å². The summed E-state index contributed by atoms with van der Waals surface area (Å²) in [7, 11) is 0. The predicted octanol–water partition coefficient (Wildman–Crippen LogP) is 4.59. The number of carbonyl (C=O) groups excluding carboxylic acids is 1. The molecule has 4 heteroatoms. The van der Waals surface area contributed by atoms with Gasteiger partial charge in [0, 0.05) is 39.0 Å². The highest BCUT2D eigenvalue weighted by molar-refractivity contribution is 5.79. The Bertz CT molecular complexity index is 843. The number of ether oxygens (including phenoxy) is 1. The Kier molecular flexibility index (Phi) is 6.73. The predicted molar refractivity (Wildman–Crippen MR) is 121 cm³/mol. The lowest BCUT2D eigenvalue weighted by molar-refractivity contribution is -0.139. The molecular weight excluding hydrogens is 372 g/mol. The molecule has 0 aliphatic carbocycles. The molecule has 1 atom stereocenters. The molecule has 2 saturated heterocycles. The summed E-state index contributed by atoms with van der Waals surface area (Å²) in [5, 5.41) is 0. The molecule has 0 saturated carbocycles. The number of nitrogens with zero attached hydrogens (tertiary/aromatic N) is 2. The maximum absolute atomic E-state index is 13.2. The van der Waals surface area contributed by atoms with E-state index in [0.717, 1.165) is 64.2 Å². The van der Waals surface area contributed by atoms with Gasteiger partial charge < -0.3 is 9.64 Å². The molecule has 1 amide bonds. The van der Waals surface area contributed by atoms with Gasteiger partial charge in [-0.1, -0.05) is 42.5 Å². The van der Waals surface area contributed by atoms with Gasteiger partial charge in [-0.25, -0.2) is 0 Å². The standard InChI is InChI=1S/C26H34N2O2/c1-20-10-11-21(2)25(17-20)30-24-12-15-28(16-13-24)26(29)23-9-6-14-27(19-23)18-22-7-4-3-5-8-22/h3-5,7-8,10-11,17,23-24H,6,9,12-16,18-19H2,1-2H3. The zero-order valence-electron chi connectivity index (χ0n) is 18.3.